The number of ether oxygens (including phenoxy) is 2. The molecule has 1 atom stereocenters. The number of hydrogen-bond donors (Lipinski definition) is 0. The molecule has 2 aliphatic rings. The Bertz CT molecular complexity index is 919. The van der Waals surface area contributed by atoms with Crippen molar-refractivity contribution in [2.75, 3.05) is 13.2 Å². The van der Waals surface area contributed by atoms with Crippen molar-refractivity contribution >= 4 is 27.1 Å². The first-order chi connectivity index (χ1) is 11.3. The first-order valence-corrected chi connectivity index (χ1v) is 8.42. The second-order valence-electron chi connectivity index (χ2n) is 5.96. The molecule has 0 bridgehead atoms. The lowest BCUT2D eigenvalue weighted by molar-refractivity contribution is 0.00397. The third-order valence-electron chi connectivity index (χ3n) is 4.70. The minimum Gasteiger partial charge on any atom is -0.493 e. The zero-order valence-corrected chi connectivity index (χ0v) is 13.9. The van der Waals surface area contributed by atoms with Gasteiger partial charge in [-0.2, -0.15) is 0 Å². The number of fused-ring (bicyclic) bond motifs is 6. The quantitative estimate of drug-likeness (QED) is 0.569. The minimum absolute atomic E-state index is 0.301. The lowest BCUT2D eigenvalue weighted by Gasteiger charge is -2.43. The summed E-state index contributed by atoms with van der Waals surface area (Å²) in [5.74, 6) is 1.85. The van der Waals surface area contributed by atoms with E-state index in [2.05, 4.69) is 26.6 Å². The summed E-state index contributed by atoms with van der Waals surface area (Å²) in [6, 6.07) is 12.1. The summed E-state index contributed by atoms with van der Waals surface area (Å²) in [4.78, 5) is 9.42. The number of imidazole rings is 1. The number of benzene rings is 1. The molecule has 5 nitrogen and oxygen atoms in total. The van der Waals surface area contributed by atoms with Gasteiger partial charge >= 0.3 is 0 Å². The summed E-state index contributed by atoms with van der Waals surface area (Å²) in [5, 5.41) is 0. The molecule has 1 spiro atoms. The fraction of sp³-hybridized carbons (Fsp3) is 0.294. The van der Waals surface area contributed by atoms with Gasteiger partial charge in [0.2, 0.25) is 0 Å². The third kappa shape index (κ3) is 1.82. The molecule has 0 saturated heterocycles. The van der Waals surface area contributed by atoms with Crippen LogP contribution in [0.3, 0.4) is 0 Å². The normalized spacial score (nSPS) is 22.7. The Labute approximate surface area is 141 Å². The molecule has 0 N–H and O–H groups in total. The number of halogens is 1. The van der Waals surface area contributed by atoms with E-state index in [4.69, 9.17) is 19.4 Å². The summed E-state index contributed by atoms with van der Waals surface area (Å²) in [7, 11) is 0. The monoisotopic (exact) mass is 371 g/mol. The maximum atomic E-state index is 5.93. The number of hydrogen-bond acceptors (Lipinski definition) is 4. The van der Waals surface area contributed by atoms with E-state index < -0.39 is 0 Å². The molecule has 4 heterocycles. The van der Waals surface area contributed by atoms with Crippen LogP contribution in [0.4, 0.5) is 0 Å². The van der Waals surface area contributed by atoms with Crippen LogP contribution in [-0.2, 0) is 16.9 Å². The molecule has 0 saturated carbocycles. The number of para-hydroxylation sites is 1. The van der Waals surface area contributed by atoms with Gasteiger partial charge in [0.25, 0.3) is 0 Å². The van der Waals surface area contributed by atoms with E-state index >= 15 is 0 Å². The molecule has 3 aromatic rings. The van der Waals surface area contributed by atoms with Crippen molar-refractivity contribution < 1.29 is 9.47 Å². The fourth-order valence-corrected chi connectivity index (χ4v) is 4.03. The topological polar surface area (TPSA) is 49.2 Å². The highest BCUT2D eigenvalue weighted by atomic mass is 79.9. The average molecular weight is 372 g/mol. The highest BCUT2D eigenvalue weighted by Gasteiger charge is 2.44. The molecular formula is C17H14BrN3O2. The second-order valence-corrected chi connectivity index (χ2v) is 6.77. The maximum absolute atomic E-state index is 5.93. The van der Waals surface area contributed by atoms with Crippen LogP contribution in [0.1, 0.15) is 17.8 Å². The molecular weight excluding hydrogens is 358 g/mol. The molecule has 1 aromatic carbocycles. The molecule has 2 aromatic heterocycles. The van der Waals surface area contributed by atoms with E-state index in [0.29, 0.717) is 19.8 Å². The van der Waals surface area contributed by atoms with Crippen molar-refractivity contribution in [2.45, 2.75) is 18.6 Å². The van der Waals surface area contributed by atoms with Gasteiger partial charge in [-0.05, 0) is 34.1 Å². The number of pyridine rings is 1. The molecule has 1 unspecified atom stereocenters. The zero-order chi connectivity index (χ0) is 15.4. The van der Waals surface area contributed by atoms with Crippen molar-refractivity contribution in [3.63, 3.8) is 0 Å². The van der Waals surface area contributed by atoms with Gasteiger partial charge in [-0.3, -0.25) is 4.57 Å². The number of rotatable bonds is 0. The lowest BCUT2D eigenvalue weighted by atomic mass is 9.84. The second kappa shape index (κ2) is 4.79. The molecule has 23 heavy (non-hydrogen) atoms. The molecule has 0 radical (unpaired) electrons. The average Bonchev–Trinajstić information content (AvgIpc) is 2.94. The highest BCUT2D eigenvalue weighted by molar-refractivity contribution is 9.10. The van der Waals surface area contributed by atoms with Crippen molar-refractivity contribution in [3.8, 4) is 5.75 Å². The van der Waals surface area contributed by atoms with E-state index in [1.54, 1.807) is 0 Å². The van der Waals surface area contributed by atoms with Gasteiger partial charge in [0.15, 0.2) is 5.65 Å². The Balaban J connectivity index is 1.86. The zero-order valence-electron chi connectivity index (χ0n) is 12.3. The summed E-state index contributed by atoms with van der Waals surface area (Å²) in [5.41, 5.74) is 2.64. The molecule has 0 aliphatic carbocycles. The van der Waals surface area contributed by atoms with Crippen LogP contribution >= 0.6 is 15.9 Å². The van der Waals surface area contributed by atoms with E-state index in [9.17, 15) is 0 Å². The van der Waals surface area contributed by atoms with Gasteiger partial charge in [-0.1, -0.05) is 18.2 Å². The van der Waals surface area contributed by atoms with Crippen LogP contribution < -0.4 is 4.74 Å². The smallest absolute Gasteiger partial charge is 0.162 e. The van der Waals surface area contributed by atoms with Crippen LogP contribution in [0.5, 0.6) is 5.75 Å². The lowest BCUT2D eigenvalue weighted by Crippen LogP contribution is -2.47. The number of aromatic nitrogens is 3. The Hall–Kier alpha value is -1.92. The standard InChI is InChI=1S/C17H14BrN3O2/c18-14-6-5-12-16(20-14)21-15(19-12)9-22-10-17(21)7-8-23-13-4-2-1-3-11(13)17/h1-6H,7-10H2. The van der Waals surface area contributed by atoms with Gasteiger partial charge in [0, 0.05) is 12.0 Å². The van der Waals surface area contributed by atoms with Crippen molar-refractivity contribution in [1.29, 1.82) is 0 Å². The van der Waals surface area contributed by atoms with Crippen molar-refractivity contribution in [1.82, 2.24) is 14.5 Å². The predicted octanol–water partition coefficient (Wildman–Crippen LogP) is 3.25. The van der Waals surface area contributed by atoms with Gasteiger partial charge in [0.05, 0.1) is 13.2 Å². The van der Waals surface area contributed by atoms with Crippen LogP contribution in [0, 0.1) is 0 Å². The number of nitrogens with zero attached hydrogens (tertiary/aromatic N) is 3. The van der Waals surface area contributed by atoms with Crippen LogP contribution in [0.2, 0.25) is 0 Å². The molecule has 6 heteroatoms. The van der Waals surface area contributed by atoms with E-state index in [0.717, 1.165) is 39.3 Å². The van der Waals surface area contributed by atoms with Gasteiger partial charge < -0.3 is 9.47 Å². The predicted molar refractivity (Wildman–Crippen MR) is 88.5 cm³/mol. The Kier molecular flexibility index (Phi) is 2.81. The Morgan fingerprint density at radius 2 is 2.04 bits per heavy atom. The molecule has 0 fully saturated rings. The van der Waals surface area contributed by atoms with Crippen LogP contribution in [0.15, 0.2) is 41.0 Å². The summed E-state index contributed by atoms with van der Waals surface area (Å²) in [6.45, 7) is 1.78. The Morgan fingerprint density at radius 3 is 3.00 bits per heavy atom. The largest absolute Gasteiger partial charge is 0.493 e. The van der Waals surface area contributed by atoms with E-state index in [-0.39, 0.29) is 5.54 Å². The molecule has 0 amide bonds. The fourth-order valence-electron chi connectivity index (χ4n) is 3.73. The first kappa shape index (κ1) is 13.5. The van der Waals surface area contributed by atoms with E-state index in [1.807, 2.05) is 30.3 Å². The van der Waals surface area contributed by atoms with Crippen LogP contribution in [-0.4, -0.2) is 27.7 Å². The minimum atomic E-state index is -0.301. The first-order valence-electron chi connectivity index (χ1n) is 7.62. The highest BCUT2D eigenvalue weighted by Crippen LogP contribution is 2.44. The van der Waals surface area contributed by atoms with Crippen LogP contribution in [0.25, 0.3) is 11.2 Å². The van der Waals surface area contributed by atoms with Gasteiger partial charge in [-0.15, -0.1) is 0 Å². The molecule has 5 rings (SSSR count). The van der Waals surface area contributed by atoms with Gasteiger partial charge in [-0.25, -0.2) is 9.97 Å². The van der Waals surface area contributed by atoms with Crippen molar-refractivity contribution in [3.05, 3.63) is 52.4 Å². The third-order valence-corrected chi connectivity index (χ3v) is 5.14. The van der Waals surface area contributed by atoms with E-state index in [1.165, 1.54) is 0 Å². The maximum Gasteiger partial charge on any atom is 0.162 e. The van der Waals surface area contributed by atoms with Gasteiger partial charge in [0.1, 0.15) is 33.8 Å². The SMILES string of the molecule is Brc1ccc2nc3n(c2n1)C1(CCOc2ccccc21)COC3. The van der Waals surface area contributed by atoms with Crippen molar-refractivity contribution in [2.24, 2.45) is 0 Å². The Morgan fingerprint density at radius 1 is 1.13 bits per heavy atom. The summed E-state index contributed by atoms with van der Waals surface area (Å²) in [6.07, 6.45) is 0.844. The summed E-state index contributed by atoms with van der Waals surface area (Å²) < 4.78 is 14.9. The molecule has 2 aliphatic heterocycles. The molecule has 116 valence electrons. The summed E-state index contributed by atoms with van der Waals surface area (Å²) >= 11 is 3.48.